The van der Waals surface area contributed by atoms with Crippen LogP contribution in [0.15, 0.2) is 143 Å². The Morgan fingerprint density at radius 3 is 2.00 bits per heavy atom. The number of para-hydroxylation sites is 1. The van der Waals surface area contributed by atoms with Crippen LogP contribution in [0.1, 0.15) is 16.1 Å². The molecule has 208 valence electrons. The molecule has 6 rings (SSSR count). The molecule has 1 N–H and O–H groups in total. The molecule has 1 aromatic heterocycles. The molecule has 0 fully saturated rings. The first-order valence-electron chi connectivity index (χ1n) is 13.1. The normalized spacial score (nSPS) is 11.3. The fourth-order valence-corrected chi connectivity index (χ4v) is 6.08. The Morgan fingerprint density at radius 1 is 0.714 bits per heavy atom. The van der Waals surface area contributed by atoms with Crippen LogP contribution < -0.4 is 9.04 Å². The Labute approximate surface area is 242 Å². The highest BCUT2D eigenvalue weighted by atomic mass is 32.2. The summed E-state index contributed by atoms with van der Waals surface area (Å²) in [7, 11) is -4.03. The molecule has 0 spiro atoms. The molecule has 7 nitrogen and oxygen atoms in total. The molecule has 0 saturated carbocycles. The van der Waals surface area contributed by atoms with Crippen molar-refractivity contribution >= 4 is 32.6 Å². The molecule has 0 amide bonds. The molecule has 0 unspecified atom stereocenters. The summed E-state index contributed by atoms with van der Waals surface area (Å²) in [6.07, 6.45) is 0. The number of furan rings is 1. The molecule has 1 heterocycles. The maximum Gasteiger partial charge on any atom is 0.371 e. The number of nitrogens with zero attached hydrogens (tertiary/aromatic N) is 1. The number of fused-ring (bicyclic) bond motifs is 1. The number of carboxylic acid groups (broad SMARTS) is 1. The van der Waals surface area contributed by atoms with Gasteiger partial charge in [-0.1, -0.05) is 72.8 Å². The number of hydrogen-bond donors (Lipinski definition) is 1. The van der Waals surface area contributed by atoms with E-state index in [0.29, 0.717) is 28.2 Å². The summed E-state index contributed by atoms with van der Waals surface area (Å²) >= 11 is 0. The zero-order valence-corrected chi connectivity index (χ0v) is 23.1. The zero-order chi connectivity index (χ0) is 29.1. The van der Waals surface area contributed by atoms with E-state index in [1.807, 2.05) is 72.8 Å². The summed E-state index contributed by atoms with van der Waals surface area (Å²) in [4.78, 5) is 11.6. The van der Waals surface area contributed by atoms with Crippen LogP contribution in [0.2, 0.25) is 0 Å². The minimum atomic E-state index is -4.03. The lowest BCUT2D eigenvalue weighted by molar-refractivity contribution is 0.0665. The molecule has 5 aromatic carbocycles. The first-order valence-corrected chi connectivity index (χ1v) is 14.6. The molecule has 6 aromatic rings. The highest BCUT2D eigenvalue weighted by Crippen LogP contribution is 2.32. The Morgan fingerprint density at radius 2 is 1.33 bits per heavy atom. The third kappa shape index (κ3) is 5.61. The average molecular weight is 576 g/mol. The smallest absolute Gasteiger partial charge is 0.371 e. The SMILES string of the molecule is O=C(O)c1cc2cc(N(Cc3ccc(Oc4ccccc4)cc3)S(=O)(=O)c3ccc(-c4ccccc4)cc3)ccc2o1. The number of rotatable bonds is 9. The molecule has 0 saturated heterocycles. The number of hydrogen-bond acceptors (Lipinski definition) is 5. The minimum Gasteiger partial charge on any atom is -0.475 e. The summed E-state index contributed by atoms with van der Waals surface area (Å²) in [5, 5.41) is 9.83. The Balaban J connectivity index is 1.35. The van der Waals surface area contributed by atoms with E-state index in [1.54, 1.807) is 54.6 Å². The summed E-state index contributed by atoms with van der Waals surface area (Å²) in [5.41, 5.74) is 3.34. The highest BCUT2D eigenvalue weighted by molar-refractivity contribution is 7.92. The Hall–Kier alpha value is -5.34. The standard InChI is InChI=1S/C34H25NO6S/c36-34(37)33-22-27-21-28(15-20-32(27)41-33)35(23-24-11-16-30(17-12-24)40-29-9-5-2-6-10-29)42(38,39)31-18-13-26(14-19-31)25-7-3-1-4-8-25/h1-22H,23H2,(H,36,37). The van der Waals surface area contributed by atoms with E-state index < -0.39 is 16.0 Å². The topological polar surface area (TPSA) is 97.0 Å². The number of sulfonamides is 1. The number of ether oxygens (including phenoxy) is 1. The van der Waals surface area contributed by atoms with Gasteiger partial charge in [0.25, 0.3) is 10.0 Å². The zero-order valence-electron chi connectivity index (χ0n) is 22.3. The van der Waals surface area contributed by atoms with Crippen LogP contribution in [0.4, 0.5) is 5.69 Å². The van der Waals surface area contributed by atoms with E-state index in [2.05, 4.69) is 0 Å². The number of carbonyl (C=O) groups is 1. The van der Waals surface area contributed by atoms with Crippen LogP contribution in [-0.2, 0) is 16.6 Å². The first kappa shape index (κ1) is 26.9. The van der Waals surface area contributed by atoms with Gasteiger partial charge in [-0.05, 0) is 77.4 Å². The Bertz CT molecular complexity index is 1950. The number of aromatic carboxylic acids is 1. The quantitative estimate of drug-likeness (QED) is 0.188. The van der Waals surface area contributed by atoms with Crippen molar-refractivity contribution in [2.75, 3.05) is 4.31 Å². The Kier molecular flexibility index (Phi) is 7.21. The van der Waals surface area contributed by atoms with E-state index in [1.165, 1.54) is 10.4 Å². The van der Waals surface area contributed by atoms with Crippen LogP contribution in [0.5, 0.6) is 11.5 Å². The van der Waals surface area contributed by atoms with Crippen molar-refractivity contribution in [3.05, 3.63) is 145 Å². The van der Waals surface area contributed by atoms with Gasteiger partial charge in [-0.2, -0.15) is 0 Å². The van der Waals surface area contributed by atoms with Crippen molar-refractivity contribution in [2.24, 2.45) is 0 Å². The molecule has 8 heteroatoms. The lowest BCUT2D eigenvalue weighted by atomic mass is 10.1. The van der Waals surface area contributed by atoms with Crippen LogP contribution in [0.25, 0.3) is 22.1 Å². The van der Waals surface area contributed by atoms with E-state index in [9.17, 15) is 18.3 Å². The molecule has 42 heavy (non-hydrogen) atoms. The molecule has 0 aliphatic rings. The van der Waals surface area contributed by atoms with E-state index in [0.717, 1.165) is 16.7 Å². The van der Waals surface area contributed by atoms with Gasteiger partial charge in [0.05, 0.1) is 17.1 Å². The second kappa shape index (κ2) is 11.3. The van der Waals surface area contributed by atoms with Gasteiger partial charge in [-0.25, -0.2) is 13.2 Å². The van der Waals surface area contributed by atoms with Crippen molar-refractivity contribution in [1.29, 1.82) is 0 Å². The molecule has 0 atom stereocenters. The third-order valence-electron chi connectivity index (χ3n) is 6.78. The summed E-state index contributed by atoms with van der Waals surface area (Å²) in [6.45, 7) is 0.0313. The van der Waals surface area contributed by atoms with Crippen molar-refractivity contribution in [2.45, 2.75) is 11.4 Å². The predicted octanol–water partition coefficient (Wildman–Crippen LogP) is 7.99. The maximum atomic E-state index is 14.1. The number of carboxylic acids is 1. The van der Waals surface area contributed by atoms with Crippen molar-refractivity contribution in [1.82, 2.24) is 0 Å². The van der Waals surface area contributed by atoms with Crippen LogP contribution >= 0.6 is 0 Å². The van der Waals surface area contributed by atoms with E-state index in [4.69, 9.17) is 9.15 Å². The monoisotopic (exact) mass is 575 g/mol. The molecule has 0 aliphatic heterocycles. The van der Waals surface area contributed by atoms with Crippen LogP contribution in [0.3, 0.4) is 0 Å². The van der Waals surface area contributed by atoms with Gasteiger partial charge in [0.1, 0.15) is 17.1 Å². The summed E-state index contributed by atoms with van der Waals surface area (Å²) < 4.78 is 40.8. The van der Waals surface area contributed by atoms with Gasteiger partial charge in [0.15, 0.2) is 0 Å². The average Bonchev–Trinajstić information content (AvgIpc) is 3.46. The lowest BCUT2D eigenvalue weighted by Crippen LogP contribution is -2.30. The third-order valence-corrected chi connectivity index (χ3v) is 8.56. The second-order valence-corrected chi connectivity index (χ2v) is 11.5. The molecule has 0 radical (unpaired) electrons. The van der Waals surface area contributed by atoms with Gasteiger partial charge < -0.3 is 14.3 Å². The fourth-order valence-electron chi connectivity index (χ4n) is 4.64. The van der Waals surface area contributed by atoms with Gasteiger partial charge >= 0.3 is 5.97 Å². The molecular weight excluding hydrogens is 550 g/mol. The predicted molar refractivity (Wildman–Crippen MR) is 161 cm³/mol. The van der Waals surface area contributed by atoms with Crippen LogP contribution in [0, 0.1) is 0 Å². The largest absolute Gasteiger partial charge is 0.475 e. The van der Waals surface area contributed by atoms with Crippen molar-refractivity contribution < 1.29 is 27.5 Å². The number of anilines is 1. The van der Waals surface area contributed by atoms with E-state index >= 15 is 0 Å². The van der Waals surface area contributed by atoms with Gasteiger partial charge in [0.2, 0.25) is 5.76 Å². The molecule has 0 bridgehead atoms. The lowest BCUT2D eigenvalue weighted by Gasteiger charge is -2.25. The van der Waals surface area contributed by atoms with Gasteiger partial charge in [0, 0.05) is 5.39 Å². The highest BCUT2D eigenvalue weighted by Gasteiger charge is 2.26. The van der Waals surface area contributed by atoms with Gasteiger partial charge in [-0.3, -0.25) is 4.31 Å². The van der Waals surface area contributed by atoms with E-state index in [-0.39, 0.29) is 17.2 Å². The maximum absolute atomic E-state index is 14.1. The minimum absolute atomic E-state index is 0.0313. The van der Waals surface area contributed by atoms with Crippen molar-refractivity contribution in [3.63, 3.8) is 0 Å². The summed E-state index contributed by atoms with van der Waals surface area (Å²) in [5.74, 6) is -0.102. The van der Waals surface area contributed by atoms with Gasteiger partial charge in [-0.15, -0.1) is 0 Å². The molecular formula is C34H25NO6S. The fraction of sp³-hybridized carbons (Fsp3) is 0.0294. The van der Waals surface area contributed by atoms with Crippen LogP contribution in [-0.4, -0.2) is 19.5 Å². The molecule has 0 aliphatic carbocycles. The second-order valence-electron chi connectivity index (χ2n) is 9.60. The number of benzene rings is 5. The first-order chi connectivity index (χ1) is 20.4. The van der Waals surface area contributed by atoms with Crippen molar-refractivity contribution in [3.8, 4) is 22.6 Å². The summed E-state index contributed by atoms with van der Waals surface area (Å²) in [6, 6.07) is 39.3.